The average Bonchev–Trinajstić information content (AvgIpc) is 3.38. The number of anilines is 2. The molecule has 0 saturated carbocycles. The molecule has 0 radical (unpaired) electrons. The largest absolute Gasteiger partial charge is 0.381 e. The van der Waals surface area contributed by atoms with Crippen molar-refractivity contribution in [1.29, 1.82) is 0 Å². The molecule has 4 aromatic rings. The van der Waals surface area contributed by atoms with Crippen molar-refractivity contribution in [2.24, 2.45) is 0 Å². The summed E-state index contributed by atoms with van der Waals surface area (Å²) in [6, 6.07) is 12.0. The van der Waals surface area contributed by atoms with Crippen molar-refractivity contribution in [3.63, 3.8) is 0 Å². The highest BCUT2D eigenvalue weighted by molar-refractivity contribution is 5.82. The van der Waals surface area contributed by atoms with Crippen LogP contribution in [0.2, 0.25) is 0 Å². The SMILES string of the molecule is Cc1ccccc1-c1cc2cnc(N[C@H]3CCN(c4ncccn4)C3)nc2n(C2CCOCC2)c1=O. The van der Waals surface area contributed by atoms with Gasteiger partial charge in [0, 0.05) is 67.9 Å². The quantitative estimate of drug-likeness (QED) is 0.460. The molecular weight excluding hydrogens is 454 g/mol. The lowest BCUT2D eigenvalue weighted by atomic mass is 10.00. The molecule has 0 amide bonds. The number of nitrogens with one attached hydrogen (secondary N) is 1. The minimum absolute atomic E-state index is 0.0124. The summed E-state index contributed by atoms with van der Waals surface area (Å²) < 4.78 is 7.47. The maximum atomic E-state index is 13.9. The highest BCUT2D eigenvalue weighted by Gasteiger charge is 2.26. The number of aromatic nitrogens is 5. The molecule has 9 heteroatoms. The van der Waals surface area contributed by atoms with Gasteiger partial charge in [-0.05, 0) is 49.4 Å². The summed E-state index contributed by atoms with van der Waals surface area (Å²) in [5.74, 6) is 1.27. The topological polar surface area (TPSA) is 98.1 Å². The molecule has 0 unspecified atom stereocenters. The first-order valence-corrected chi connectivity index (χ1v) is 12.5. The van der Waals surface area contributed by atoms with Crippen LogP contribution in [0.4, 0.5) is 11.9 Å². The minimum atomic E-state index is -0.0124. The first kappa shape index (κ1) is 22.6. The second-order valence-corrected chi connectivity index (χ2v) is 9.49. The van der Waals surface area contributed by atoms with Gasteiger partial charge in [-0.15, -0.1) is 0 Å². The number of aryl methyl sites for hydroxylation is 1. The zero-order chi connectivity index (χ0) is 24.5. The first-order valence-electron chi connectivity index (χ1n) is 12.5. The molecule has 3 aromatic heterocycles. The lowest BCUT2D eigenvalue weighted by molar-refractivity contribution is 0.0697. The Bertz CT molecular complexity index is 1430. The Morgan fingerprint density at radius 1 is 1.00 bits per heavy atom. The van der Waals surface area contributed by atoms with Gasteiger partial charge in [0.2, 0.25) is 11.9 Å². The van der Waals surface area contributed by atoms with Crippen LogP contribution in [0.5, 0.6) is 0 Å². The lowest BCUT2D eigenvalue weighted by Gasteiger charge is -2.26. The van der Waals surface area contributed by atoms with Crippen LogP contribution < -0.4 is 15.8 Å². The number of pyridine rings is 1. The summed E-state index contributed by atoms with van der Waals surface area (Å²) in [6.07, 6.45) is 7.85. The summed E-state index contributed by atoms with van der Waals surface area (Å²) in [4.78, 5) is 34.3. The van der Waals surface area contributed by atoms with Gasteiger partial charge in [0.15, 0.2) is 0 Å². The maximum absolute atomic E-state index is 13.9. The van der Waals surface area contributed by atoms with Gasteiger partial charge in [-0.2, -0.15) is 4.98 Å². The van der Waals surface area contributed by atoms with Gasteiger partial charge in [-0.1, -0.05) is 24.3 Å². The second kappa shape index (κ2) is 9.66. The molecule has 2 fully saturated rings. The van der Waals surface area contributed by atoms with Crippen LogP contribution in [0.1, 0.15) is 30.9 Å². The van der Waals surface area contributed by atoms with Crippen LogP contribution in [-0.2, 0) is 4.74 Å². The van der Waals surface area contributed by atoms with Gasteiger partial charge in [0.05, 0.1) is 0 Å². The van der Waals surface area contributed by atoms with Crippen LogP contribution in [0.15, 0.2) is 59.8 Å². The van der Waals surface area contributed by atoms with Crippen molar-refractivity contribution in [3.05, 3.63) is 70.9 Å². The standard InChI is InChI=1S/C27H29N7O2/c1-18-5-2-3-6-22(18)23-15-19-16-30-26(31-20-7-12-33(17-20)27-28-10-4-11-29-27)32-24(19)34(25(23)35)21-8-13-36-14-9-21/h2-6,10-11,15-16,20-21H,7-9,12-14,17H2,1H3,(H,30,31,32)/t20-/m0/s1. The molecule has 0 spiro atoms. The zero-order valence-corrected chi connectivity index (χ0v) is 20.3. The van der Waals surface area contributed by atoms with Gasteiger partial charge in [0.25, 0.3) is 5.56 Å². The normalized spacial score (nSPS) is 18.6. The molecule has 184 valence electrons. The van der Waals surface area contributed by atoms with Crippen LogP contribution in [0.3, 0.4) is 0 Å². The van der Waals surface area contributed by atoms with E-state index in [1.165, 1.54) is 0 Å². The number of ether oxygens (including phenoxy) is 1. The number of rotatable bonds is 5. The smallest absolute Gasteiger partial charge is 0.260 e. The van der Waals surface area contributed by atoms with Crippen LogP contribution in [0.25, 0.3) is 22.2 Å². The molecule has 1 atom stereocenters. The highest BCUT2D eigenvalue weighted by Crippen LogP contribution is 2.28. The molecule has 2 aliphatic heterocycles. The lowest BCUT2D eigenvalue weighted by Crippen LogP contribution is -2.31. The second-order valence-electron chi connectivity index (χ2n) is 9.49. The van der Waals surface area contributed by atoms with Crippen molar-refractivity contribution in [2.75, 3.05) is 36.5 Å². The zero-order valence-electron chi connectivity index (χ0n) is 20.3. The molecule has 1 aromatic carbocycles. The molecule has 2 aliphatic rings. The highest BCUT2D eigenvalue weighted by atomic mass is 16.5. The fourth-order valence-electron chi connectivity index (χ4n) is 5.24. The third-order valence-corrected chi connectivity index (χ3v) is 7.12. The van der Waals surface area contributed by atoms with Crippen molar-refractivity contribution in [3.8, 4) is 11.1 Å². The summed E-state index contributed by atoms with van der Waals surface area (Å²) in [6.45, 7) is 4.95. The van der Waals surface area contributed by atoms with Crippen molar-refractivity contribution in [2.45, 2.75) is 38.3 Å². The van der Waals surface area contributed by atoms with Gasteiger partial charge in [-0.25, -0.2) is 15.0 Å². The summed E-state index contributed by atoms with van der Waals surface area (Å²) >= 11 is 0. The van der Waals surface area contributed by atoms with E-state index >= 15 is 0 Å². The third kappa shape index (κ3) is 4.30. The van der Waals surface area contributed by atoms with E-state index in [2.05, 4.69) is 25.2 Å². The molecule has 2 saturated heterocycles. The van der Waals surface area contributed by atoms with Crippen LogP contribution >= 0.6 is 0 Å². The van der Waals surface area contributed by atoms with E-state index in [0.717, 1.165) is 54.8 Å². The number of hydrogen-bond acceptors (Lipinski definition) is 8. The van der Waals surface area contributed by atoms with Gasteiger partial charge >= 0.3 is 0 Å². The fraction of sp³-hybridized carbons (Fsp3) is 0.370. The molecule has 6 rings (SSSR count). The maximum Gasteiger partial charge on any atom is 0.260 e. The Balaban J connectivity index is 1.37. The predicted octanol–water partition coefficient (Wildman–Crippen LogP) is 3.60. The Labute approximate surface area is 209 Å². The van der Waals surface area contributed by atoms with E-state index in [9.17, 15) is 4.79 Å². The van der Waals surface area contributed by atoms with Gasteiger partial charge in [0.1, 0.15) is 5.65 Å². The molecule has 0 bridgehead atoms. The van der Waals surface area contributed by atoms with Gasteiger partial charge < -0.3 is 15.0 Å². The molecule has 9 nitrogen and oxygen atoms in total. The predicted molar refractivity (Wildman–Crippen MR) is 139 cm³/mol. The number of benzene rings is 1. The van der Waals surface area contributed by atoms with Crippen molar-refractivity contribution < 1.29 is 4.74 Å². The van der Waals surface area contributed by atoms with E-state index in [0.29, 0.717) is 30.4 Å². The van der Waals surface area contributed by atoms with Crippen molar-refractivity contribution >= 4 is 22.9 Å². The Morgan fingerprint density at radius 2 is 1.81 bits per heavy atom. The minimum Gasteiger partial charge on any atom is -0.381 e. The third-order valence-electron chi connectivity index (χ3n) is 7.12. The Kier molecular flexibility index (Phi) is 6.06. The molecular formula is C27H29N7O2. The number of nitrogens with zero attached hydrogens (tertiary/aromatic N) is 6. The van der Waals surface area contributed by atoms with E-state index in [1.54, 1.807) is 12.4 Å². The molecule has 0 aliphatic carbocycles. The van der Waals surface area contributed by atoms with Crippen LogP contribution in [-0.4, -0.2) is 56.8 Å². The monoisotopic (exact) mass is 483 g/mol. The van der Waals surface area contributed by atoms with E-state index in [4.69, 9.17) is 9.72 Å². The van der Waals surface area contributed by atoms with Crippen molar-refractivity contribution in [1.82, 2.24) is 24.5 Å². The van der Waals surface area contributed by atoms with Crippen LogP contribution in [0, 0.1) is 6.92 Å². The van der Waals surface area contributed by atoms with Gasteiger partial charge in [-0.3, -0.25) is 9.36 Å². The van der Waals surface area contributed by atoms with E-state index in [-0.39, 0.29) is 17.6 Å². The molecule has 5 heterocycles. The summed E-state index contributed by atoms with van der Waals surface area (Å²) in [5.41, 5.74) is 3.36. The Hall–Kier alpha value is -3.85. The molecule has 1 N–H and O–H groups in total. The first-order chi connectivity index (χ1) is 17.7. The summed E-state index contributed by atoms with van der Waals surface area (Å²) in [5, 5.41) is 4.34. The van der Waals surface area contributed by atoms with E-state index in [1.807, 2.05) is 54.1 Å². The average molecular weight is 484 g/mol. The Morgan fingerprint density at radius 3 is 2.61 bits per heavy atom. The fourth-order valence-corrected chi connectivity index (χ4v) is 5.24. The number of hydrogen-bond donors (Lipinski definition) is 1. The van der Waals surface area contributed by atoms with E-state index < -0.39 is 0 Å². The number of fused-ring (bicyclic) bond motifs is 1. The summed E-state index contributed by atoms with van der Waals surface area (Å²) in [7, 11) is 0. The molecule has 36 heavy (non-hydrogen) atoms.